The van der Waals surface area contributed by atoms with E-state index in [2.05, 4.69) is 20.4 Å². The molecule has 0 atom stereocenters. The molecule has 116 valence electrons. The number of carbonyl (C=O) groups excluding carboxylic acids is 1. The van der Waals surface area contributed by atoms with Crippen molar-refractivity contribution in [2.45, 2.75) is 23.6 Å². The van der Waals surface area contributed by atoms with Gasteiger partial charge in [-0.2, -0.15) is 0 Å². The Morgan fingerprint density at radius 2 is 1.91 bits per heavy atom. The molecule has 1 aromatic carbocycles. The predicted octanol–water partition coefficient (Wildman–Crippen LogP) is 3.50. The summed E-state index contributed by atoms with van der Waals surface area (Å²) in [4.78, 5) is 14.6. The Morgan fingerprint density at radius 1 is 1.18 bits per heavy atom. The first kappa shape index (κ1) is 15.3. The van der Waals surface area contributed by atoms with Gasteiger partial charge in [-0.25, -0.2) is 0 Å². The predicted molar refractivity (Wildman–Crippen MR) is 92.1 cm³/mol. The first-order valence-corrected chi connectivity index (χ1v) is 9.34. The van der Waals surface area contributed by atoms with Gasteiger partial charge in [0.15, 0.2) is 4.34 Å². The lowest BCUT2D eigenvalue weighted by atomic mass is 10.1. The number of hydrogen-bond donors (Lipinski definition) is 1. The number of aromatic nitrogens is 2. The van der Waals surface area contributed by atoms with Crippen molar-refractivity contribution in [2.24, 2.45) is 0 Å². The molecule has 0 spiro atoms. The van der Waals surface area contributed by atoms with Crippen LogP contribution in [0.5, 0.6) is 0 Å². The van der Waals surface area contributed by atoms with Crippen molar-refractivity contribution in [1.29, 1.82) is 0 Å². The standard InChI is InChI=1S/C15H18N4OS2/c1-21-15-18-17-14(22-15)16-13(20)11-5-7-12(8-6-11)19-9-3-2-4-10-19/h5-8H,2-4,9-10H2,1H3,(H,16,17,20). The van der Waals surface area contributed by atoms with Crippen molar-refractivity contribution in [3.05, 3.63) is 29.8 Å². The maximum Gasteiger partial charge on any atom is 0.257 e. The molecule has 1 N–H and O–H groups in total. The molecular weight excluding hydrogens is 316 g/mol. The largest absolute Gasteiger partial charge is 0.372 e. The van der Waals surface area contributed by atoms with Gasteiger partial charge >= 0.3 is 0 Å². The molecule has 0 bridgehead atoms. The van der Waals surface area contributed by atoms with Gasteiger partial charge in [-0.3, -0.25) is 10.1 Å². The fourth-order valence-corrected chi connectivity index (χ4v) is 3.65. The van der Waals surface area contributed by atoms with Crippen LogP contribution in [0.3, 0.4) is 0 Å². The number of amides is 1. The fraction of sp³-hybridized carbons (Fsp3) is 0.400. The summed E-state index contributed by atoms with van der Waals surface area (Å²) in [7, 11) is 0. The second kappa shape index (κ2) is 7.11. The van der Waals surface area contributed by atoms with Gasteiger partial charge in [0.1, 0.15) is 0 Å². The molecule has 1 saturated heterocycles. The van der Waals surface area contributed by atoms with Gasteiger partial charge in [0.2, 0.25) is 5.13 Å². The van der Waals surface area contributed by atoms with Crippen LogP contribution in [0.4, 0.5) is 10.8 Å². The Morgan fingerprint density at radius 3 is 2.55 bits per heavy atom. The molecule has 1 aromatic heterocycles. The van der Waals surface area contributed by atoms with Crippen LogP contribution in [0.15, 0.2) is 28.6 Å². The molecule has 22 heavy (non-hydrogen) atoms. The lowest BCUT2D eigenvalue weighted by Gasteiger charge is -2.28. The van der Waals surface area contributed by atoms with E-state index >= 15 is 0 Å². The van der Waals surface area contributed by atoms with Crippen molar-refractivity contribution in [2.75, 3.05) is 29.6 Å². The first-order chi connectivity index (χ1) is 10.8. The first-order valence-electron chi connectivity index (χ1n) is 7.30. The van der Waals surface area contributed by atoms with Crippen LogP contribution in [0.1, 0.15) is 29.6 Å². The summed E-state index contributed by atoms with van der Waals surface area (Å²) in [5, 5.41) is 11.2. The third-order valence-electron chi connectivity index (χ3n) is 3.65. The minimum absolute atomic E-state index is 0.144. The van der Waals surface area contributed by atoms with Crippen LogP contribution in [0.25, 0.3) is 0 Å². The van der Waals surface area contributed by atoms with Crippen LogP contribution in [-0.2, 0) is 0 Å². The van der Waals surface area contributed by atoms with E-state index in [0.29, 0.717) is 10.7 Å². The zero-order valence-electron chi connectivity index (χ0n) is 12.4. The van der Waals surface area contributed by atoms with Gasteiger partial charge in [0, 0.05) is 24.3 Å². The molecule has 1 amide bonds. The summed E-state index contributed by atoms with van der Waals surface area (Å²) in [6.07, 6.45) is 5.75. The summed E-state index contributed by atoms with van der Waals surface area (Å²) in [5.74, 6) is -0.144. The highest BCUT2D eigenvalue weighted by Crippen LogP contribution is 2.24. The smallest absolute Gasteiger partial charge is 0.257 e. The van der Waals surface area contributed by atoms with Gasteiger partial charge in [-0.1, -0.05) is 23.1 Å². The van der Waals surface area contributed by atoms with E-state index in [-0.39, 0.29) is 5.91 Å². The quantitative estimate of drug-likeness (QED) is 0.685. The summed E-state index contributed by atoms with van der Waals surface area (Å²) in [5.41, 5.74) is 1.83. The summed E-state index contributed by atoms with van der Waals surface area (Å²) in [6.45, 7) is 2.21. The van der Waals surface area contributed by atoms with Crippen molar-refractivity contribution in [3.8, 4) is 0 Å². The fourth-order valence-electron chi connectivity index (χ4n) is 2.49. The molecule has 5 nitrogen and oxygen atoms in total. The number of thioether (sulfide) groups is 1. The van der Waals surface area contributed by atoms with Crippen molar-refractivity contribution in [3.63, 3.8) is 0 Å². The third kappa shape index (κ3) is 3.59. The Balaban J connectivity index is 1.65. The summed E-state index contributed by atoms with van der Waals surface area (Å²) >= 11 is 2.90. The molecule has 3 rings (SSSR count). The zero-order chi connectivity index (χ0) is 15.4. The Hall–Kier alpha value is -1.60. The monoisotopic (exact) mass is 334 g/mol. The van der Waals surface area contributed by atoms with E-state index in [9.17, 15) is 4.79 Å². The minimum Gasteiger partial charge on any atom is -0.372 e. The highest BCUT2D eigenvalue weighted by Gasteiger charge is 2.13. The number of carbonyl (C=O) groups is 1. The van der Waals surface area contributed by atoms with Gasteiger partial charge in [-0.05, 0) is 49.8 Å². The molecule has 1 fully saturated rings. The summed E-state index contributed by atoms with van der Waals surface area (Å²) in [6, 6.07) is 7.78. The molecule has 0 unspecified atom stereocenters. The number of benzene rings is 1. The number of rotatable bonds is 4. The lowest BCUT2D eigenvalue weighted by Crippen LogP contribution is -2.29. The molecular formula is C15H18N4OS2. The SMILES string of the molecule is CSc1nnc(NC(=O)c2ccc(N3CCCCC3)cc2)s1. The van der Waals surface area contributed by atoms with Gasteiger partial charge in [0.05, 0.1) is 0 Å². The van der Waals surface area contributed by atoms with E-state index in [0.717, 1.165) is 17.4 Å². The molecule has 2 aromatic rings. The van der Waals surface area contributed by atoms with Crippen molar-refractivity contribution < 1.29 is 4.79 Å². The molecule has 0 aliphatic carbocycles. The number of anilines is 2. The van der Waals surface area contributed by atoms with Gasteiger partial charge in [0.25, 0.3) is 5.91 Å². The third-order valence-corrected chi connectivity index (χ3v) is 5.47. The average molecular weight is 334 g/mol. The molecule has 1 aliphatic heterocycles. The second-order valence-electron chi connectivity index (χ2n) is 5.13. The Bertz CT molecular complexity index is 635. The van der Waals surface area contributed by atoms with Gasteiger partial charge < -0.3 is 4.90 Å². The zero-order valence-corrected chi connectivity index (χ0v) is 14.0. The molecule has 2 heterocycles. The number of piperidine rings is 1. The molecule has 7 heteroatoms. The highest BCUT2D eigenvalue weighted by molar-refractivity contribution is 8.00. The van der Waals surface area contributed by atoms with E-state index in [1.807, 2.05) is 30.5 Å². The number of nitrogens with zero attached hydrogens (tertiary/aromatic N) is 3. The number of hydrogen-bond acceptors (Lipinski definition) is 6. The molecule has 0 saturated carbocycles. The molecule has 1 aliphatic rings. The van der Waals surface area contributed by atoms with Crippen molar-refractivity contribution in [1.82, 2.24) is 10.2 Å². The van der Waals surface area contributed by atoms with E-state index in [4.69, 9.17) is 0 Å². The van der Waals surface area contributed by atoms with Crippen LogP contribution in [-0.4, -0.2) is 35.4 Å². The Labute approximate surface area is 138 Å². The maximum absolute atomic E-state index is 12.2. The van der Waals surface area contributed by atoms with Crippen molar-refractivity contribution >= 4 is 39.8 Å². The van der Waals surface area contributed by atoms with Gasteiger partial charge in [-0.15, -0.1) is 10.2 Å². The van der Waals surface area contributed by atoms with E-state index < -0.39 is 0 Å². The second-order valence-corrected chi connectivity index (χ2v) is 7.16. The summed E-state index contributed by atoms with van der Waals surface area (Å²) < 4.78 is 0.843. The van der Waals surface area contributed by atoms with Crippen LogP contribution >= 0.6 is 23.1 Å². The normalized spacial score (nSPS) is 14.9. The topological polar surface area (TPSA) is 58.1 Å². The molecule has 0 radical (unpaired) electrons. The van der Waals surface area contributed by atoms with E-state index in [1.54, 1.807) is 0 Å². The van der Waals surface area contributed by atoms with Crippen LogP contribution in [0.2, 0.25) is 0 Å². The Kier molecular flexibility index (Phi) is 4.94. The minimum atomic E-state index is -0.144. The van der Waals surface area contributed by atoms with Crippen LogP contribution in [0, 0.1) is 0 Å². The number of nitrogens with one attached hydrogen (secondary N) is 1. The average Bonchev–Trinajstić information content (AvgIpc) is 3.03. The maximum atomic E-state index is 12.2. The van der Waals surface area contributed by atoms with E-state index in [1.165, 1.54) is 48.0 Å². The highest BCUT2D eigenvalue weighted by atomic mass is 32.2. The van der Waals surface area contributed by atoms with Crippen LogP contribution < -0.4 is 10.2 Å². The lowest BCUT2D eigenvalue weighted by molar-refractivity contribution is 0.102.